The number of anilines is 1. The number of aryl methyl sites for hydroxylation is 1. The molecule has 1 aromatic heterocycles. The van der Waals surface area contributed by atoms with Crippen LogP contribution >= 0.6 is 0 Å². The highest BCUT2D eigenvalue weighted by Crippen LogP contribution is 2.19. The molecule has 1 saturated heterocycles. The van der Waals surface area contributed by atoms with E-state index in [-0.39, 0.29) is 11.8 Å². The van der Waals surface area contributed by atoms with Crippen molar-refractivity contribution in [1.82, 2.24) is 15.1 Å². The van der Waals surface area contributed by atoms with Gasteiger partial charge in [-0.1, -0.05) is 29.4 Å². The Labute approximate surface area is 141 Å². The predicted molar refractivity (Wildman–Crippen MR) is 90.0 cm³/mol. The third-order valence-corrected chi connectivity index (χ3v) is 4.28. The van der Waals surface area contributed by atoms with E-state index in [0.29, 0.717) is 18.5 Å². The predicted octanol–water partition coefficient (Wildman–Crippen LogP) is 1.69. The normalized spacial score (nSPS) is 18.5. The van der Waals surface area contributed by atoms with E-state index in [2.05, 4.69) is 38.6 Å². The second kappa shape index (κ2) is 7.44. The maximum atomic E-state index is 11.4. The standard InChI is InChI=1S/C17H23N5O2/c1-12-20-21-17(24-12)19-9-13-4-2-5-14(8-13)10-22-7-3-6-15(11-22)16(18)23/h2,4-5,8,15H,3,6-7,9-11H2,1H3,(H2,18,23)(H,19,21). The van der Waals surface area contributed by atoms with Gasteiger partial charge in [-0.2, -0.15) is 0 Å². The van der Waals surface area contributed by atoms with Crippen LogP contribution in [0, 0.1) is 12.8 Å². The Balaban J connectivity index is 1.57. The first-order chi connectivity index (χ1) is 11.6. The Bertz CT molecular complexity index is 700. The first-order valence-corrected chi connectivity index (χ1v) is 8.23. The van der Waals surface area contributed by atoms with Crippen molar-refractivity contribution in [3.63, 3.8) is 0 Å². The number of carbonyl (C=O) groups is 1. The molecule has 1 amide bonds. The molecule has 0 bridgehead atoms. The number of benzene rings is 1. The van der Waals surface area contributed by atoms with Gasteiger partial charge >= 0.3 is 6.01 Å². The van der Waals surface area contributed by atoms with Gasteiger partial charge in [-0.25, -0.2) is 0 Å². The molecule has 1 unspecified atom stereocenters. The van der Waals surface area contributed by atoms with Crippen molar-refractivity contribution in [3.8, 4) is 0 Å². The van der Waals surface area contributed by atoms with Gasteiger partial charge in [-0.3, -0.25) is 9.69 Å². The van der Waals surface area contributed by atoms with Crippen LogP contribution in [0.3, 0.4) is 0 Å². The third kappa shape index (κ3) is 4.32. The number of carbonyl (C=O) groups excluding carboxylic acids is 1. The van der Waals surface area contributed by atoms with Gasteiger partial charge in [0.1, 0.15) is 0 Å². The van der Waals surface area contributed by atoms with E-state index >= 15 is 0 Å². The van der Waals surface area contributed by atoms with Gasteiger partial charge in [0.15, 0.2) is 0 Å². The van der Waals surface area contributed by atoms with Gasteiger partial charge < -0.3 is 15.5 Å². The second-order valence-electron chi connectivity index (χ2n) is 6.28. The summed E-state index contributed by atoms with van der Waals surface area (Å²) in [5, 5.41) is 10.8. The maximum absolute atomic E-state index is 11.4. The number of primary amides is 1. The number of piperidine rings is 1. The van der Waals surface area contributed by atoms with E-state index in [9.17, 15) is 4.79 Å². The summed E-state index contributed by atoms with van der Waals surface area (Å²) in [6, 6.07) is 8.79. The molecule has 0 aliphatic carbocycles. The van der Waals surface area contributed by atoms with E-state index in [1.54, 1.807) is 6.92 Å². The molecular weight excluding hydrogens is 306 g/mol. The quantitative estimate of drug-likeness (QED) is 0.837. The van der Waals surface area contributed by atoms with Gasteiger partial charge in [0.2, 0.25) is 11.8 Å². The van der Waals surface area contributed by atoms with Gasteiger partial charge in [-0.15, -0.1) is 5.10 Å². The van der Waals surface area contributed by atoms with E-state index in [1.807, 2.05) is 6.07 Å². The fourth-order valence-electron chi connectivity index (χ4n) is 3.07. The van der Waals surface area contributed by atoms with Crippen LogP contribution in [-0.2, 0) is 17.9 Å². The van der Waals surface area contributed by atoms with Gasteiger partial charge in [0.25, 0.3) is 0 Å². The summed E-state index contributed by atoms with van der Waals surface area (Å²) >= 11 is 0. The number of hydrogen-bond acceptors (Lipinski definition) is 6. The number of nitrogens with two attached hydrogens (primary N) is 1. The minimum absolute atomic E-state index is 0.0237. The molecule has 1 aliphatic rings. The monoisotopic (exact) mass is 329 g/mol. The molecule has 2 aromatic rings. The van der Waals surface area contributed by atoms with Crippen LogP contribution < -0.4 is 11.1 Å². The molecular formula is C17H23N5O2. The van der Waals surface area contributed by atoms with Gasteiger partial charge in [0, 0.05) is 26.6 Å². The summed E-state index contributed by atoms with van der Waals surface area (Å²) < 4.78 is 5.31. The molecule has 3 N–H and O–H groups in total. The van der Waals surface area contributed by atoms with Gasteiger partial charge in [0.05, 0.1) is 5.92 Å². The van der Waals surface area contributed by atoms with Crippen LogP contribution in [0.5, 0.6) is 0 Å². The zero-order valence-corrected chi connectivity index (χ0v) is 13.9. The van der Waals surface area contributed by atoms with E-state index in [4.69, 9.17) is 10.2 Å². The number of nitrogens with one attached hydrogen (secondary N) is 1. The Hall–Kier alpha value is -2.41. The summed E-state index contributed by atoms with van der Waals surface area (Å²) in [5.74, 6) is 0.331. The van der Waals surface area contributed by atoms with Crippen molar-refractivity contribution in [2.24, 2.45) is 11.7 Å². The Morgan fingerprint density at radius 3 is 3.00 bits per heavy atom. The number of nitrogens with zero attached hydrogens (tertiary/aromatic N) is 3. The molecule has 7 nitrogen and oxygen atoms in total. The average molecular weight is 329 g/mol. The van der Waals surface area contributed by atoms with Crippen molar-refractivity contribution >= 4 is 11.9 Å². The highest BCUT2D eigenvalue weighted by atomic mass is 16.4. The third-order valence-electron chi connectivity index (χ3n) is 4.28. The molecule has 3 rings (SSSR count). The Morgan fingerprint density at radius 1 is 1.42 bits per heavy atom. The van der Waals surface area contributed by atoms with Crippen LogP contribution in [0.1, 0.15) is 29.9 Å². The zero-order valence-electron chi connectivity index (χ0n) is 13.9. The fraction of sp³-hybridized carbons (Fsp3) is 0.471. The lowest BCUT2D eigenvalue weighted by Gasteiger charge is -2.31. The van der Waals surface area contributed by atoms with Crippen LogP contribution in [0.25, 0.3) is 0 Å². The summed E-state index contributed by atoms with van der Waals surface area (Å²) in [6.45, 7) is 4.97. The summed E-state index contributed by atoms with van der Waals surface area (Å²) in [6.07, 6.45) is 1.92. The van der Waals surface area contributed by atoms with E-state index < -0.39 is 0 Å². The number of rotatable bonds is 6. The average Bonchev–Trinajstić information content (AvgIpc) is 2.99. The maximum Gasteiger partial charge on any atom is 0.315 e. The molecule has 128 valence electrons. The molecule has 7 heteroatoms. The molecule has 0 saturated carbocycles. The molecule has 1 aliphatic heterocycles. The number of likely N-dealkylation sites (tertiary alicyclic amines) is 1. The highest BCUT2D eigenvalue weighted by molar-refractivity contribution is 5.76. The van der Waals surface area contributed by atoms with Crippen LogP contribution in [0.4, 0.5) is 6.01 Å². The lowest BCUT2D eigenvalue weighted by molar-refractivity contribution is -0.123. The lowest BCUT2D eigenvalue weighted by atomic mass is 9.97. The summed E-state index contributed by atoms with van der Waals surface area (Å²) in [5.41, 5.74) is 7.82. The number of hydrogen-bond donors (Lipinski definition) is 2. The van der Waals surface area contributed by atoms with Crippen molar-refractivity contribution in [1.29, 1.82) is 0 Å². The molecule has 24 heavy (non-hydrogen) atoms. The van der Waals surface area contributed by atoms with Crippen molar-refractivity contribution < 1.29 is 9.21 Å². The molecule has 0 spiro atoms. The zero-order chi connectivity index (χ0) is 16.9. The van der Waals surface area contributed by atoms with E-state index in [0.717, 1.165) is 38.0 Å². The SMILES string of the molecule is Cc1nnc(NCc2cccc(CN3CCCC(C(N)=O)C3)c2)o1. The van der Waals surface area contributed by atoms with Crippen molar-refractivity contribution in [2.45, 2.75) is 32.9 Å². The van der Waals surface area contributed by atoms with Crippen molar-refractivity contribution in [2.75, 3.05) is 18.4 Å². The molecule has 2 heterocycles. The second-order valence-corrected chi connectivity index (χ2v) is 6.28. The Kier molecular flexibility index (Phi) is 5.10. The fourth-order valence-corrected chi connectivity index (χ4v) is 3.07. The minimum Gasteiger partial charge on any atom is -0.408 e. The lowest BCUT2D eigenvalue weighted by Crippen LogP contribution is -2.40. The first kappa shape index (κ1) is 16.4. The smallest absolute Gasteiger partial charge is 0.315 e. The topological polar surface area (TPSA) is 97.3 Å². The minimum atomic E-state index is -0.187. The summed E-state index contributed by atoms with van der Waals surface area (Å²) in [7, 11) is 0. The number of amides is 1. The molecule has 0 radical (unpaired) electrons. The first-order valence-electron chi connectivity index (χ1n) is 8.23. The van der Waals surface area contributed by atoms with Crippen LogP contribution in [-0.4, -0.2) is 34.1 Å². The molecule has 1 aromatic carbocycles. The number of aromatic nitrogens is 2. The molecule has 1 atom stereocenters. The Morgan fingerprint density at radius 2 is 2.25 bits per heavy atom. The highest BCUT2D eigenvalue weighted by Gasteiger charge is 2.23. The largest absolute Gasteiger partial charge is 0.408 e. The summed E-state index contributed by atoms with van der Waals surface area (Å²) in [4.78, 5) is 13.7. The van der Waals surface area contributed by atoms with Gasteiger partial charge in [-0.05, 0) is 30.5 Å². The van der Waals surface area contributed by atoms with Crippen LogP contribution in [0.15, 0.2) is 28.7 Å². The molecule has 1 fully saturated rings. The van der Waals surface area contributed by atoms with E-state index in [1.165, 1.54) is 5.56 Å². The van der Waals surface area contributed by atoms with Crippen LogP contribution in [0.2, 0.25) is 0 Å². The van der Waals surface area contributed by atoms with Crippen molar-refractivity contribution in [3.05, 3.63) is 41.3 Å².